The topological polar surface area (TPSA) is 55.8 Å². The van der Waals surface area contributed by atoms with Gasteiger partial charge in [-0.1, -0.05) is 6.07 Å². The average Bonchev–Trinajstić information content (AvgIpc) is 2.71. The number of sulfonamides is 1. The lowest BCUT2D eigenvalue weighted by atomic mass is 10.1. The number of nitrogens with zero attached hydrogens (tertiary/aromatic N) is 1. The molecule has 1 aliphatic heterocycles. The van der Waals surface area contributed by atoms with Crippen LogP contribution in [0.3, 0.4) is 0 Å². The van der Waals surface area contributed by atoms with Crippen molar-refractivity contribution < 1.29 is 22.3 Å². The molecular formula is C18H20FNO4S. The zero-order valence-electron chi connectivity index (χ0n) is 14.3. The van der Waals surface area contributed by atoms with Crippen LogP contribution in [-0.2, 0) is 10.0 Å². The van der Waals surface area contributed by atoms with E-state index in [4.69, 9.17) is 9.47 Å². The summed E-state index contributed by atoms with van der Waals surface area (Å²) >= 11 is 0. The third kappa shape index (κ3) is 3.21. The molecule has 2 atom stereocenters. The molecule has 1 heterocycles. The van der Waals surface area contributed by atoms with E-state index in [1.54, 1.807) is 26.2 Å². The number of hydrogen-bond acceptors (Lipinski definition) is 4. The van der Waals surface area contributed by atoms with Crippen molar-refractivity contribution in [2.24, 2.45) is 0 Å². The minimum Gasteiger partial charge on any atom is -0.497 e. The maximum Gasteiger partial charge on any atom is 0.243 e. The van der Waals surface area contributed by atoms with Gasteiger partial charge in [-0.3, -0.25) is 0 Å². The van der Waals surface area contributed by atoms with E-state index in [0.29, 0.717) is 11.5 Å². The SMILES string of the molecule is COc1ccc2c(c1)OC[C@@H](C)N(S(=O)(=O)c1ccc(F)cc1)[C@@H]2C. The van der Waals surface area contributed by atoms with Crippen molar-refractivity contribution >= 4 is 10.0 Å². The van der Waals surface area contributed by atoms with Crippen LogP contribution in [0.15, 0.2) is 47.4 Å². The van der Waals surface area contributed by atoms with Gasteiger partial charge >= 0.3 is 0 Å². The highest BCUT2D eigenvalue weighted by molar-refractivity contribution is 7.89. The van der Waals surface area contributed by atoms with Crippen molar-refractivity contribution in [1.82, 2.24) is 4.31 Å². The van der Waals surface area contributed by atoms with E-state index in [1.807, 2.05) is 13.0 Å². The lowest BCUT2D eigenvalue weighted by Gasteiger charge is -2.31. The van der Waals surface area contributed by atoms with E-state index >= 15 is 0 Å². The second-order valence-electron chi connectivity index (χ2n) is 6.03. The molecule has 0 radical (unpaired) electrons. The highest BCUT2D eigenvalue weighted by Gasteiger charge is 2.37. The van der Waals surface area contributed by atoms with Crippen LogP contribution in [0, 0.1) is 5.82 Å². The summed E-state index contributed by atoms with van der Waals surface area (Å²) in [4.78, 5) is 0.0598. The third-order valence-corrected chi connectivity index (χ3v) is 6.46. The van der Waals surface area contributed by atoms with Crippen LogP contribution >= 0.6 is 0 Å². The van der Waals surface area contributed by atoms with Crippen molar-refractivity contribution in [3.8, 4) is 11.5 Å². The monoisotopic (exact) mass is 365 g/mol. The maximum atomic E-state index is 13.2. The molecule has 25 heavy (non-hydrogen) atoms. The van der Waals surface area contributed by atoms with Gasteiger partial charge in [0.2, 0.25) is 10.0 Å². The second kappa shape index (κ2) is 6.65. The van der Waals surface area contributed by atoms with Crippen LogP contribution in [0.1, 0.15) is 25.5 Å². The van der Waals surface area contributed by atoms with E-state index in [-0.39, 0.29) is 17.5 Å². The van der Waals surface area contributed by atoms with Gasteiger partial charge in [0.1, 0.15) is 23.9 Å². The summed E-state index contributed by atoms with van der Waals surface area (Å²) in [6.07, 6.45) is 0. The Balaban J connectivity index is 2.06. The Hall–Kier alpha value is -2.12. The molecule has 7 heteroatoms. The number of benzene rings is 2. The molecule has 3 rings (SSSR count). The fraction of sp³-hybridized carbons (Fsp3) is 0.333. The summed E-state index contributed by atoms with van der Waals surface area (Å²) in [5.74, 6) is 0.778. The number of methoxy groups -OCH3 is 1. The molecule has 0 saturated heterocycles. The first-order valence-electron chi connectivity index (χ1n) is 7.94. The van der Waals surface area contributed by atoms with Crippen LogP contribution in [0.4, 0.5) is 4.39 Å². The number of fused-ring (bicyclic) bond motifs is 1. The predicted molar refractivity (Wildman–Crippen MR) is 91.8 cm³/mol. The van der Waals surface area contributed by atoms with Crippen LogP contribution in [-0.4, -0.2) is 32.5 Å². The molecule has 1 aliphatic rings. The van der Waals surface area contributed by atoms with Gasteiger partial charge < -0.3 is 9.47 Å². The normalized spacial score (nSPS) is 21.1. The van der Waals surface area contributed by atoms with E-state index in [0.717, 1.165) is 17.7 Å². The van der Waals surface area contributed by atoms with E-state index < -0.39 is 21.9 Å². The van der Waals surface area contributed by atoms with Crippen LogP contribution in [0.2, 0.25) is 0 Å². The summed E-state index contributed by atoms with van der Waals surface area (Å²) in [5.41, 5.74) is 0.760. The smallest absolute Gasteiger partial charge is 0.243 e. The van der Waals surface area contributed by atoms with Gasteiger partial charge in [0.05, 0.1) is 24.1 Å². The van der Waals surface area contributed by atoms with E-state index in [9.17, 15) is 12.8 Å². The lowest BCUT2D eigenvalue weighted by Crippen LogP contribution is -2.41. The number of hydrogen-bond donors (Lipinski definition) is 0. The Labute approximate surface area is 147 Å². The van der Waals surface area contributed by atoms with E-state index in [1.165, 1.54) is 16.4 Å². The number of ether oxygens (including phenoxy) is 2. The second-order valence-corrected chi connectivity index (χ2v) is 7.87. The van der Waals surface area contributed by atoms with Crippen LogP contribution in [0.5, 0.6) is 11.5 Å². The first kappa shape index (κ1) is 17.7. The van der Waals surface area contributed by atoms with Crippen LogP contribution in [0.25, 0.3) is 0 Å². The lowest BCUT2D eigenvalue weighted by molar-refractivity contribution is 0.214. The third-order valence-electron chi connectivity index (χ3n) is 4.36. The van der Waals surface area contributed by atoms with E-state index in [2.05, 4.69) is 0 Å². The van der Waals surface area contributed by atoms with Gasteiger partial charge in [0, 0.05) is 11.6 Å². The van der Waals surface area contributed by atoms with Crippen LogP contribution < -0.4 is 9.47 Å². The quantitative estimate of drug-likeness (QED) is 0.837. The Kier molecular flexibility index (Phi) is 4.71. The van der Waals surface area contributed by atoms with Gasteiger partial charge in [-0.2, -0.15) is 4.31 Å². The molecule has 0 spiro atoms. The fourth-order valence-electron chi connectivity index (χ4n) is 3.09. The first-order valence-corrected chi connectivity index (χ1v) is 9.38. The molecule has 134 valence electrons. The molecule has 0 N–H and O–H groups in total. The van der Waals surface area contributed by atoms with Gasteiger partial charge in [0.25, 0.3) is 0 Å². The molecule has 0 aromatic heterocycles. The van der Waals surface area contributed by atoms with Crippen molar-refractivity contribution in [1.29, 1.82) is 0 Å². The minimum atomic E-state index is -3.80. The number of halogens is 1. The molecule has 0 bridgehead atoms. The zero-order valence-corrected chi connectivity index (χ0v) is 15.1. The Morgan fingerprint density at radius 1 is 1.16 bits per heavy atom. The van der Waals surface area contributed by atoms with Crippen molar-refractivity contribution in [2.75, 3.05) is 13.7 Å². The van der Waals surface area contributed by atoms with Crippen molar-refractivity contribution in [3.63, 3.8) is 0 Å². The highest BCUT2D eigenvalue weighted by Crippen LogP contribution is 2.38. The Morgan fingerprint density at radius 3 is 2.48 bits per heavy atom. The molecule has 0 aliphatic carbocycles. The largest absolute Gasteiger partial charge is 0.497 e. The zero-order chi connectivity index (χ0) is 18.2. The maximum absolute atomic E-state index is 13.2. The highest BCUT2D eigenvalue weighted by atomic mass is 32.2. The molecule has 0 saturated carbocycles. The Morgan fingerprint density at radius 2 is 1.84 bits per heavy atom. The summed E-state index contributed by atoms with van der Waals surface area (Å²) in [7, 11) is -2.24. The molecule has 2 aromatic rings. The molecule has 2 aromatic carbocycles. The van der Waals surface area contributed by atoms with Gasteiger partial charge in [0.15, 0.2) is 0 Å². The van der Waals surface area contributed by atoms with Gasteiger partial charge in [-0.15, -0.1) is 0 Å². The summed E-state index contributed by atoms with van der Waals surface area (Å²) in [6, 6.07) is 9.38. The fourth-order valence-corrected chi connectivity index (χ4v) is 4.88. The average molecular weight is 365 g/mol. The first-order chi connectivity index (χ1) is 11.8. The predicted octanol–water partition coefficient (Wildman–Crippen LogP) is 3.37. The van der Waals surface area contributed by atoms with Crippen molar-refractivity contribution in [2.45, 2.75) is 30.8 Å². The summed E-state index contributed by atoms with van der Waals surface area (Å²) < 4.78 is 51.9. The minimum absolute atomic E-state index is 0.0598. The number of rotatable bonds is 3. The summed E-state index contributed by atoms with van der Waals surface area (Å²) in [5, 5.41) is 0. The molecule has 5 nitrogen and oxygen atoms in total. The Bertz CT molecular complexity index is 867. The van der Waals surface area contributed by atoms with Gasteiger partial charge in [-0.05, 0) is 44.2 Å². The molecular weight excluding hydrogens is 345 g/mol. The molecule has 0 amide bonds. The summed E-state index contributed by atoms with van der Waals surface area (Å²) in [6.45, 7) is 3.82. The van der Waals surface area contributed by atoms with Crippen molar-refractivity contribution in [3.05, 3.63) is 53.8 Å². The molecule has 0 fully saturated rings. The molecule has 0 unspecified atom stereocenters. The standard InChI is InChI=1S/C18H20FNO4S/c1-12-11-24-18-10-15(23-3)6-9-17(18)13(2)20(12)25(21,22)16-7-4-14(19)5-8-16/h4-10,12-13H,11H2,1-3H3/t12-,13-/m1/s1. The van der Waals surface area contributed by atoms with Gasteiger partial charge in [-0.25, -0.2) is 12.8 Å².